The van der Waals surface area contributed by atoms with Crippen molar-refractivity contribution in [3.05, 3.63) is 23.8 Å². The van der Waals surface area contributed by atoms with Crippen molar-refractivity contribution < 1.29 is 10.2 Å². The van der Waals surface area contributed by atoms with Crippen molar-refractivity contribution in [2.75, 3.05) is 19.6 Å². The standard InChI is InChI=1S/C17H26N2O2/c1-12(17-15(20)3-2-4-16(17)21)19-9-7-14(8-10-19)18-11-13-5-6-13/h2-4,12-14,18,20-21H,5-11H2,1H3. The minimum Gasteiger partial charge on any atom is -0.507 e. The van der Waals surface area contributed by atoms with Gasteiger partial charge in [0.25, 0.3) is 0 Å². The van der Waals surface area contributed by atoms with Crippen LogP contribution >= 0.6 is 0 Å². The van der Waals surface area contributed by atoms with Gasteiger partial charge in [-0.15, -0.1) is 0 Å². The van der Waals surface area contributed by atoms with Crippen molar-refractivity contribution in [3.8, 4) is 11.5 Å². The summed E-state index contributed by atoms with van der Waals surface area (Å²) in [6, 6.07) is 5.66. The van der Waals surface area contributed by atoms with Crippen molar-refractivity contribution in [1.82, 2.24) is 10.2 Å². The highest BCUT2D eigenvalue weighted by Gasteiger charge is 2.28. The van der Waals surface area contributed by atoms with Gasteiger partial charge in [0.1, 0.15) is 11.5 Å². The quantitative estimate of drug-likeness (QED) is 0.780. The lowest BCUT2D eigenvalue weighted by atomic mass is 9.99. The summed E-state index contributed by atoms with van der Waals surface area (Å²) in [6.07, 6.45) is 5.09. The number of piperidine rings is 1. The molecule has 4 heteroatoms. The van der Waals surface area contributed by atoms with E-state index in [0.717, 1.165) is 31.8 Å². The second-order valence-corrected chi connectivity index (χ2v) is 6.55. The average Bonchev–Trinajstić information content (AvgIpc) is 3.29. The molecular formula is C17H26N2O2. The van der Waals surface area contributed by atoms with Crippen molar-refractivity contribution in [2.45, 2.75) is 44.7 Å². The van der Waals surface area contributed by atoms with E-state index in [-0.39, 0.29) is 17.5 Å². The maximum Gasteiger partial charge on any atom is 0.124 e. The molecule has 0 amide bonds. The predicted octanol–water partition coefficient (Wildman–Crippen LogP) is 2.62. The Morgan fingerprint density at radius 3 is 2.33 bits per heavy atom. The molecule has 1 heterocycles. The Hall–Kier alpha value is -1.26. The van der Waals surface area contributed by atoms with Gasteiger partial charge in [-0.05, 0) is 57.2 Å². The maximum atomic E-state index is 10.00. The second kappa shape index (κ2) is 6.24. The number of aromatic hydroxyl groups is 2. The first-order valence-corrected chi connectivity index (χ1v) is 8.13. The van der Waals surface area contributed by atoms with Crippen LogP contribution in [0.2, 0.25) is 0 Å². The molecule has 1 saturated heterocycles. The van der Waals surface area contributed by atoms with Crippen LogP contribution in [-0.4, -0.2) is 40.8 Å². The lowest BCUT2D eigenvalue weighted by Gasteiger charge is -2.37. The summed E-state index contributed by atoms with van der Waals surface area (Å²) in [5, 5.41) is 23.7. The molecule has 1 aromatic rings. The first-order chi connectivity index (χ1) is 10.1. The van der Waals surface area contributed by atoms with E-state index in [1.807, 2.05) is 0 Å². The number of nitrogens with one attached hydrogen (secondary N) is 1. The van der Waals surface area contributed by atoms with Gasteiger partial charge in [-0.2, -0.15) is 0 Å². The molecule has 0 bridgehead atoms. The number of benzene rings is 1. The van der Waals surface area contributed by atoms with Crippen LogP contribution in [0.1, 0.15) is 44.2 Å². The third-order valence-electron chi connectivity index (χ3n) is 4.95. The maximum absolute atomic E-state index is 10.00. The van der Waals surface area contributed by atoms with Crippen LogP contribution in [-0.2, 0) is 0 Å². The first-order valence-electron chi connectivity index (χ1n) is 8.13. The van der Waals surface area contributed by atoms with Gasteiger partial charge in [-0.3, -0.25) is 4.90 Å². The molecule has 2 fully saturated rings. The predicted molar refractivity (Wildman–Crippen MR) is 83.5 cm³/mol. The molecule has 1 unspecified atom stereocenters. The van der Waals surface area contributed by atoms with Crippen molar-refractivity contribution in [3.63, 3.8) is 0 Å². The monoisotopic (exact) mass is 290 g/mol. The Morgan fingerprint density at radius 1 is 1.14 bits per heavy atom. The van der Waals surface area contributed by atoms with Crippen LogP contribution in [0.3, 0.4) is 0 Å². The van der Waals surface area contributed by atoms with Gasteiger partial charge in [-0.25, -0.2) is 0 Å². The summed E-state index contributed by atoms with van der Waals surface area (Å²) in [5.41, 5.74) is 0.655. The van der Waals surface area contributed by atoms with Gasteiger partial charge >= 0.3 is 0 Å². The van der Waals surface area contributed by atoms with Gasteiger partial charge in [0, 0.05) is 25.2 Å². The lowest BCUT2D eigenvalue weighted by molar-refractivity contribution is 0.148. The minimum absolute atomic E-state index is 0.0515. The highest BCUT2D eigenvalue weighted by molar-refractivity contribution is 5.45. The zero-order chi connectivity index (χ0) is 14.8. The van der Waals surface area contributed by atoms with Gasteiger partial charge in [-0.1, -0.05) is 6.07 Å². The average molecular weight is 290 g/mol. The number of nitrogens with zero attached hydrogens (tertiary/aromatic N) is 1. The number of hydrogen-bond donors (Lipinski definition) is 3. The number of rotatable bonds is 5. The van der Waals surface area contributed by atoms with Gasteiger partial charge in [0.05, 0.1) is 5.56 Å². The Morgan fingerprint density at radius 2 is 1.76 bits per heavy atom. The lowest BCUT2D eigenvalue weighted by Crippen LogP contribution is -2.43. The van der Waals surface area contributed by atoms with Crippen molar-refractivity contribution >= 4 is 0 Å². The molecule has 3 rings (SSSR count). The smallest absolute Gasteiger partial charge is 0.124 e. The fraction of sp³-hybridized carbons (Fsp3) is 0.647. The largest absolute Gasteiger partial charge is 0.507 e. The van der Waals surface area contributed by atoms with E-state index in [4.69, 9.17) is 0 Å². The third-order valence-corrected chi connectivity index (χ3v) is 4.95. The summed E-state index contributed by atoms with van der Waals surface area (Å²) in [4.78, 5) is 2.35. The Balaban J connectivity index is 1.55. The normalized spacial score (nSPS) is 22.3. The van der Waals surface area contributed by atoms with E-state index < -0.39 is 0 Å². The van der Waals surface area contributed by atoms with Gasteiger partial charge in [0.15, 0.2) is 0 Å². The van der Waals surface area contributed by atoms with E-state index in [2.05, 4.69) is 17.1 Å². The Bertz CT molecular complexity index is 459. The number of hydrogen-bond acceptors (Lipinski definition) is 4. The molecule has 116 valence electrons. The highest BCUT2D eigenvalue weighted by atomic mass is 16.3. The van der Waals surface area contributed by atoms with E-state index in [1.54, 1.807) is 18.2 Å². The van der Waals surface area contributed by atoms with Crippen LogP contribution < -0.4 is 5.32 Å². The molecule has 0 aromatic heterocycles. The van der Waals surface area contributed by atoms with E-state index in [9.17, 15) is 10.2 Å². The van der Waals surface area contributed by atoms with Crippen LogP contribution in [0, 0.1) is 5.92 Å². The van der Waals surface area contributed by atoms with E-state index in [1.165, 1.54) is 19.4 Å². The third kappa shape index (κ3) is 3.50. The number of phenols is 2. The number of likely N-dealkylation sites (tertiary alicyclic amines) is 1. The van der Waals surface area contributed by atoms with Gasteiger partial charge < -0.3 is 15.5 Å². The molecule has 0 spiro atoms. The molecule has 1 aliphatic carbocycles. The highest BCUT2D eigenvalue weighted by Crippen LogP contribution is 2.36. The molecule has 1 aliphatic heterocycles. The summed E-state index contributed by atoms with van der Waals surface area (Å²) in [7, 11) is 0. The molecule has 2 aliphatic rings. The topological polar surface area (TPSA) is 55.7 Å². The molecule has 1 aromatic carbocycles. The summed E-state index contributed by atoms with van der Waals surface area (Å²) in [6.45, 7) is 5.27. The molecule has 3 N–H and O–H groups in total. The Labute approximate surface area is 126 Å². The Kier molecular flexibility index (Phi) is 4.36. The molecule has 0 radical (unpaired) electrons. The van der Waals surface area contributed by atoms with Crippen LogP contribution in [0.25, 0.3) is 0 Å². The zero-order valence-electron chi connectivity index (χ0n) is 12.8. The summed E-state index contributed by atoms with van der Waals surface area (Å²) in [5.74, 6) is 1.31. The first kappa shape index (κ1) is 14.7. The molecule has 4 nitrogen and oxygen atoms in total. The van der Waals surface area contributed by atoms with Crippen molar-refractivity contribution in [2.24, 2.45) is 5.92 Å². The van der Waals surface area contributed by atoms with E-state index >= 15 is 0 Å². The fourth-order valence-electron chi connectivity index (χ4n) is 3.30. The fourth-order valence-corrected chi connectivity index (χ4v) is 3.30. The molecule has 1 atom stereocenters. The van der Waals surface area contributed by atoms with Crippen molar-refractivity contribution in [1.29, 1.82) is 0 Å². The summed E-state index contributed by atoms with van der Waals surface area (Å²) < 4.78 is 0. The van der Waals surface area contributed by atoms with Gasteiger partial charge in [0.2, 0.25) is 0 Å². The molecule has 1 saturated carbocycles. The van der Waals surface area contributed by atoms with Crippen LogP contribution in [0.15, 0.2) is 18.2 Å². The zero-order valence-corrected chi connectivity index (χ0v) is 12.8. The van der Waals surface area contributed by atoms with Crippen LogP contribution in [0.5, 0.6) is 11.5 Å². The molecular weight excluding hydrogens is 264 g/mol. The van der Waals surface area contributed by atoms with Crippen LogP contribution in [0.4, 0.5) is 0 Å². The second-order valence-electron chi connectivity index (χ2n) is 6.55. The number of phenolic OH excluding ortho intramolecular Hbond substituents is 2. The van der Waals surface area contributed by atoms with E-state index in [0.29, 0.717) is 11.6 Å². The SMILES string of the molecule is CC(c1c(O)cccc1O)N1CCC(NCC2CC2)CC1. The molecule has 21 heavy (non-hydrogen) atoms. The summed E-state index contributed by atoms with van der Waals surface area (Å²) >= 11 is 0. The minimum atomic E-state index is 0.0515.